The van der Waals surface area contributed by atoms with Gasteiger partial charge in [0.1, 0.15) is 5.82 Å². The van der Waals surface area contributed by atoms with Crippen LogP contribution >= 0.6 is 0 Å². The molecule has 0 aliphatic carbocycles. The maximum Gasteiger partial charge on any atom is 0.129 e. The second-order valence-electron chi connectivity index (χ2n) is 4.72. The zero-order valence-electron chi connectivity index (χ0n) is 11.0. The Morgan fingerprint density at radius 2 is 2.39 bits per heavy atom. The molecule has 0 saturated heterocycles. The number of pyridine rings is 1. The van der Waals surface area contributed by atoms with E-state index in [-0.39, 0.29) is 0 Å². The normalized spacial score (nSPS) is 14.3. The van der Waals surface area contributed by atoms with Crippen LogP contribution in [0.1, 0.15) is 37.4 Å². The molecule has 1 aliphatic rings. The van der Waals surface area contributed by atoms with Crippen LogP contribution in [0.3, 0.4) is 0 Å². The third-order valence-corrected chi connectivity index (χ3v) is 3.20. The Morgan fingerprint density at radius 1 is 1.50 bits per heavy atom. The first kappa shape index (κ1) is 12.8. The van der Waals surface area contributed by atoms with Gasteiger partial charge in [0.05, 0.1) is 0 Å². The lowest BCUT2D eigenvalue weighted by atomic mass is 10.1. The number of hydrogen-bond acceptors (Lipinski definition) is 3. The van der Waals surface area contributed by atoms with Gasteiger partial charge >= 0.3 is 0 Å². The summed E-state index contributed by atoms with van der Waals surface area (Å²) in [4.78, 5) is 4.66. The van der Waals surface area contributed by atoms with Crippen LogP contribution in [0.15, 0.2) is 24.3 Å². The minimum Gasteiger partial charge on any atom is -0.370 e. The molecule has 2 rings (SSSR count). The zero-order chi connectivity index (χ0) is 12.8. The SMILES string of the molecule is C/C=C\C(=N)CCCc1ccc2c(n1)NCCC2. The van der Waals surface area contributed by atoms with Gasteiger partial charge in [0.2, 0.25) is 0 Å². The number of nitrogens with zero attached hydrogens (tertiary/aromatic N) is 1. The highest BCUT2D eigenvalue weighted by Crippen LogP contribution is 2.20. The molecular weight excluding hydrogens is 222 g/mol. The number of aryl methyl sites for hydroxylation is 2. The van der Waals surface area contributed by atoms with Crippen molar-refractivity contribution in [2.45, 2.75) is 39.0 Å². The fourth-order valence-corrected chi connectivity index (χ4v) is 2.25. The average Bonchev–Trinajstić information content (AvgIpc) is 2.39. The van der Waals surface area contributed by atoms with E-state index in [2.05, 4.69) is 22.4 Å². The van der Waals surface area contributed by atoms with Gasteiger partial charge < -0.3 is 10.7 Å². The summed E-state index contributed by atoms with van der Waals surface area (Å²) in [5.74, 6) is 1.07. The Bertz CT molecular complexity index is 449. The van der Waals surface area contributed by atoms with Gasteiger partial charge in [-0.05, 0) is 56.7 Å². The van der Waals surface area contributed by atoms with E-state index in [0.29, 0.717) is 5.71 Å². The van der Waals surface area contributed by atoms with Crippen LogP contribution < -0.4 is 5.32 Å². The van der Waals surface area contributed by atoms with Gasteiger partial charge in [-0.1, -0.05) is 12.1 Å². The molecule has 18 heavy (non-hydrogen) atoms. The predicted molar refractivity (Wildman–Crippen MR) is 76.5 cm³/mol. The van der Waals surface area contributed by atoms with Gasteiger partial charge in [-0.3, -0.25) is 0 Å². The number of hydrogen-bond donors (Lipinski definition) is 2. The van der Waals surface area contributed by atoms with Crippen molar-refractivity contribution in [2.75, 3.05) is 11.9 Å². The molecule has 3 nitrogen and oxygen atoms in total. The third-order valence-electron chi connectivity index (χ3n) is 3.20. The van der Waals surface area contributed by atoms with Gasteiger partial charge in [0, 0.05) is 18.0 Å². The molecule has 0 fully saturated rings. The Morgan fingerprint density at radius 3 is 3.22 bits per heavy atom. The van der Waals surface area contributed by atoms with Crippen molar-refractivity contribution in [3.8, 4) is 0 Å². The molecule has 0 bridgehead atoms. The van der Waals surface area contributed by atoms with Crippen molar-refractivity contribution in [1.82, 2.24) is 4.98 Å². The predicted octanol–water partition coefficient (Wildman–Crippen LogP) is 3.36. The number of aromatic nitrogens is 1. The van der Waals surface area contributed by atoms with Gasteiger partial charge in [-0.2, -0.15) is 0 Å². The smallest absolute Gasteiger partial charge is 0.129 e. The van der Waals surface area contributed by atoms with E-state index in [1.807, 2.05) is 19.1 Å². The molecule has 96 valence electrons. The summed E-state index contributed by atoms with van der Waals surface area (Å²) in [7, 11) is 0. The standard InChI is InChI=1S/C15H21N3/c1-2-5-13(16)7-3-8-14-10-9-12-6-4-11-17-15(12)18-14/h2,5,9-10,16H,3-4,6-8,11H2,1H3,(H,17,18)/b5-2-,16-13?. The maximum atomic E-state index is 7.69. The van der Waals surface area contributed by atoms with Gasteiger partial charge in [-0.15, -0.1) is 0 Å². The monoisotopic (exact) mass is 243 g/mol. The highest BCUT2D eigenvalue weighted by atomic mass is 15.0. The molecule has 2 heterocycles. The lowest BCUT2D eigenvalue weighted by molar-refractivity contribution is 0.794. The molecule has 0 unspecified atom stereocenters. The molecule has 2 N–H and O–H groups in total. The van der Waals surface area contributed by atoms with E-state index < -0.39 is 0 Å². The van der Waals surface area contributed by atoms with Crippen LogP contribution in [0.4, 0.5) is 5.82 Å². The Hall–Kier alpha value is -1.64. The molecule has 0 atom stereocenters. The minimum atomic E-state index is 0.702. The lowest BCUT2D eigenvalue weighted by Crippen LogP contribution is -2.14. The third kappa shape index (κ3) is 3.42. The summed E-state index contributed by atoms with van der Waals surface area (Å²) in [5, 5.41) is 11.0. The van der Waals surface area contributed by atoms with Crippen molar-refractivity contribution in [3.05, 3.63) is 35.5 Å². The zero-order valence-corrected chi connectivity index (χ0v) is 11.0. The van der Waals surface area contributed by atoms with Crippen molar-refractivity contribution in [1.29, 1.82) is 5.41 Å². The number of rotatable bonds is 5. The molecule has 0 spiro atoms. The molecule has 0 aromatic carbocycles. The van der Waals surface area contributed by atoms with Crippen LogP contribution in [0.25, 0.3) is 0 Å². The maximum absolute atomic E-state index is 7.69. The van der Waals surface area contributed by atoms with Crippen LogP contribution in [0.2, 0.25) is 0 Å². The topological polar surface area (TPSA) is 48.8 Å². The first-order chi connectivity index (χ1) is 8.79. The van der Waals surface area contributed by atoms with Crippen LogP contribution in [0, 0.1) is 5.41 Å². The van der Waals surface area contributed by atoms with E-state index >= 15 is 0 Å². The van der Waals surface area contributed by atoms with Crippen molar-refractivity contribution in [3.63, 3.8) is 0 Å². The average molecular weight is 243 g/mol. The molecule has 0 radical (unpaired) electrons. The minimum absolute atomic E-state index is 0.702. The summed E-state index contributed by atoms with van der Waals surface area (Å²) in [5.41, 5.74) is 3.18. The molecule has 0 saturated carbocycles. The second kappa shape index (κ2) is 6.34. The molecule has 0 amide bonds. The fourth-order valence-electron chi connectivity index (χ4n) is 2.25. The Balaban J connectivity index is 1.88. The largest absolute Gasteiger partial charge is 0.370 e. The molecular formula is C15H21N3. The highest BCUT2D eigenvalue weighted by Gasteiger charge is 2.09. The Labute approximate surface area is 109 Å². The van der Waals surface area contributed by atoms with E-state index in [1.54, 1.807) is 0 Å². The Kier molecular flexibility index (Phi) is 4.51. The van der Waals surface area contributed by atoms with Crippen LogP contribution in [0.5, 0.6) is 0 Å². The number of allylic oxidation sites excluding steroid dienone is 2. The lowest BCUT2D eigenvalue weighted by Gasteiger charge is -2.17. The first-order valence-electron chi connectivity index (χ1n) is 6.72. The summed E-state index contributed by atoms with van der Waals surface area (Å²) >= 11 is 0. The summed E-state index contributed by atoms with van der Waals surface area (Å²) in [6.45, 7) is 2.99. The number of anilines is 1. The molecule has 1 aromatic rings. The van der Waals surface area contributed by atoms with Gasteiger partial charge in [0.25, 0.3) is 0 Å². The van der Waals surface area contributed by atoms with Crippen molar-refractivity contribution < 1.29 is 0 Å². The van der Waals surface area contributed by atoms with Crippen molar-refractivity contribution in [2.24, 2.45) is 0 Å². The molecule has 1 aromatic heterocycles. The number of fused-ring (bicyclic) bond motifs is 1. The van der Waals surface area contributed by atoms with E-state index in [9.17, 15) is 0 Å². The first-order valence-corrected chi connectivity index (χ1v) is 6.72. The van der Waals surface area contributed by atoms with Gasteiger partial charge in [0.15, 0.2) is 0 Å². The highest BCUT2D eigenvalue weighted by molar-refractivity contribution is 5.92. The van der Waals surface area contributed by atoms with E-state index in [4.69, 9.17) is 5.41 Å². The fraction of sp³-hybridized carbons (Fsp3) is 0.467. The quantitative estimate of drug-likeness (QED) is 0.779. The van der Waals surface area contributed by atoms with E-state index in [0.717, 1.165) is 43.7 Å². The van der Waals surface area contributed by atoms with E-state index in [1.165, 1.54) is 12.0 Å². The summed E-state index contributed by atoms with van der Waals surface area (Å²) in [6.07, 6.45) is 8.90. The molecule has 1 aliphatic heterocycles. The molecule has 3 heteroatoms. The summed E-state index contributed by atoms with van der Waals surface area (Å²) in [6, 6.07) is 4.33. The van der Waals surface area contributed by atoms with Gasteiger partial charge in [-0.25, -0.2) is 4.98 Å². The second-order valence-corrected chi connectivity index (χ2v) is 4.72. The van der Waals surface area contributed by atoms with Crippen LogP contribution in [-0.2, 0) is 12.8 Å². The number of nitrogens with one attached hydrogen (secondary N) is 2. The van der Waals surface area contributed by atoms with Crippen molar-refractivity contribution >= 4 is 11.5 Å². The summed E-state index contributed by atoms with van der Waals surface area (Å²) < 4.78 is 0. The van der Waals surface area contributed by atoms with Crippen LogP contribution in [-0.4, -0.2) is 17.2 Å².